The first-order chi connectivity index (χ1) is 8.86. The molecule has 3 heteroatoms. The van der Waals surface area contributed by atoms with Gasteiger partial charge in [0.1, 0.15) is 0 Å². The summed E-state index contributed by atoms with van der Waals surface area (Å²) in [6.07, 6.45) is 12.4. The number of fused-ring (bicyclic) bond motifs is 1. The minimum absolute atomic E-state index is 0.655. The molecule has 1 heterocycles. The topological polar surface area (TPSA) is 12.9 Å². The molecule has 0 fully saturated rings. The smallest absolute Gasteiger partial charge is 0.0849 e. The number of nitrogens with zero attached hydrogens (tertiary/aromatic N) is 1. The highest BCUT2D eigenvalue weighted by atomic mass is 32.2. The van der Waals surface area contributed by atoms with Gasteiger partial charge in [0.25, 0.3) is 0 Å². The number of thioether (sulfide) groups is 2. The molecular weight excluding hydrogens is 258 g/mol. The van der Waals surface area contributed by atoms with E-state index in [0.29, 0.717) is 11.5 Å². The molecule has 2 rings (SSSR count). The summed E-state index contributed by atoms with van der Waals surface area (Å²) in [5.74, 6) is 6.60. The van der Waals surface area contributed by atoms with Crippen LogP contribution in [0, 0.1) is 24.7 Å². The van der Waals surface area contributed by atoms with E-state index in [0.717, 1.165) is 15.8 Å². The van der Waals surface area contributed by atoms with Crippen LogP contribution in [0.1, 0.15) is 0 Å². The molecule has 0 amide bonds. The maximum Gasteiger partial charge on any atom is 0.0849 e. The van der Waals surface area contributed by atoms with Gasteiger partial charge in [-0.1, -0.05) is 24.0 Å². The van der Waals surface area contributed by atoms with E-state index in [1.807, 2.05) is 24.4 Å². The normalized spacial score (nSPS) is 9.89. The Morgan fingerprint density at radius 2 is 1.72 bits per heavy atom. The predicted molar refractivity (Wildman–Crippen MR) is 80.9 cm³/mol. The Kier molecular flexibility index (Phi) is 4.59. The van der Waals surface area contributed by atoms with Gasteiger partial charge in [0.05, 0.1) is 17.0 Å². The largest absolute Gasteiger partial charge is 0.255 e. The van der Waals surface area contributed by atoms with Crippen LogP contribution in [0.2, 0.25) is 0 Å². The van der Waals surface area contributed by atoms with Gasteiger partial charge in [-0.15, -0.1) is 36.4 Å². The third-order valence-electron chi connectivity index (χ3n) is 2.32. The zero-order chi connectivity index (χ0) is 12.8. The fourth-order valence-corrected chi connectivity index (χ4v) is 3.03. The second kappa shape index (κ2) is 6.40. The van der Waals surface area contributed by atoms with E-state index in [9.17, 15) is 0 Å². The summed E-state index contributed by atoms with van der Waals surface area (Å²) in [6, 6.07) is 8.15. The molecule has 1 nitrogen and oxygen atoms in total. The molecule has 0 spiro atoms. The van der Waals surface area contributed by atoms with Crippen LogP contribution in [0.3, 0.4) is 0 Å². The van der Waals surface area contributed by atoms with E-state index in [1.165, 1.54) is 4.90 Å². The third kappa shape index (κ3) is 2.82. The highest BCUT2D eigenvalue weighted by molar-refractivity contribution is 8.00. The number of hydrogen-bond acceptors (Lipinski definition) is 3. The number of pyridine rings is 1. The standard InChI is InChI=1S/C15H11NS2/c1-3-10-17-13-8-9-16-15-12(13)6-5-7-14(15)18-11-4-2/h1-2,5-9H,10-11H2. The van der Waals surface area contributed by atoms with Gasteiger partial charge in [-0.3, -0.25) is 4.98 Å². The van der Waals surface area contributed by atoms with Crippen molar-refractivity contribution in [2.24, 2.45) is 0 Å². The first-order valence-electron chi connectivity index (χ1n) is 5.37. The molecule has 0 unspecified atom stereocenters. The van der Waals surface area contributed by atoms with Gasteiger partial charge in [0.2, 0.25) is 0 Å². The third-order valence-corrected chi connectivity index (χ3v) is 4.25. The van der Waals surface area contributed by atoms with E-state index in [2.05, 4.69) is 22.9 Å². The average molecular weight is 269 g/mol. The zero-order valence-corrected chi connectivity index (χ0v) is 11.4. The lowest BCUT2D eigenvalue weighted by Gasteiger charge is -2.07. The number of aromatic nitrogens is 1. The van der Waals surface area contributed by atoms with Crippen LogP contribution in [0.15, 0.2) is 40.3 Å². The van der Waals surface area contributed by atoms with E-state index in [1.54, 1.807) is 23.5 Å². The number of para-hydroxylation sites is 1. The highest BCUT2D eigenvalue weighted by Gasteiger charge is 2.06. The van der Waals surface area contributed by atoms with Crippen LogP contribution in [0.25, 0.3) is 10.9 Å². The Labute approximate surface area is 116 Å². The van der Waals surface area contributed by atoms with E-state index < -0.39 is 0 Å². The van der Waals surface area contributed by atoms with Crippen molar-refractivity contribution in [1.29, 1.82) is 0 Å². The lowest BCUT2D eigenvalue weighted by Crippen LogP contribution is -1.86. The number of rotatable bonds is 4. The number of terminal acetylenes is 2. The van der Waals surface area contributed by atoms with Crippen LogP contribution in [0.4, 0.5) is 0 Å². The van der Waals surface area contributed by atoms with Crippen molar-refractivity contribution in [3.05, 3.63) is 30.5 Å². The summed E-state index contributed by atoms with van der Waals surface area (Å²) in [5, 5.41) is 1.14. The molecule has 0 aliphatic rings. The van der Waals surface area contributed by atoms with Crippen LogP contribution >= 0.6 is 23.5 Å². The molecule has 0 aliphatic carbocycles. The van der Waals surface area contributed by atoms with Crippen molar-refractivity contribution in [2.45, 2.75) is 9.79 Å². The maximum atomic E-state index is 5.30. The molecule has 1 aromatic carbocycles. The van der Waals surface area contributed by atoms with E-state index in [4.69, 9.17) is 12.8 Å². The van der Waals surface area contributed by atoms with Crippen molar-refractivity contribution >= 4 is 34.4 Å². The Hall–Kier alpha value is -1.55. The van der Waals surface area contributed by atoms with Gasteiger partial charge >= 0.3 is 0 Å². The second-order valence-corrected chi connectivity index (χ2v) is 5.48. The fourth-order valence-electron chi connectivity index (χ4n) is 1.60. The average Bonchev–Trinajstić information content (AvgIpc) is 2.42. The Morgan fingerprint density at radius 1 is 1.00 bits per heavy atom. The van der Waals surface area contributed by atoms with Crippen LogP contribution in [0.5, 0.6) is 0 Å². The molecule has 0 N–H and O–H groups in total. The number of benzene rings is 1. The first kappa shape index (κ1) is 12.9. The Bertz CT molecular complexity index is 578. The minimum Gasteiger partial charge on any atom is -0.255 e. The monoisotopic (exact) mass is 269 g/mol. The Morgan fingerprint density at radius 3 is 2.44 bits per heavy atom. The quantitative estimate of drug-likeness (QED) is 0.620. The first-order valence-corrected chi connectivity index (χ1v) is 7.34. The molecule has 0 atom stereocenters. The van der Waals surface area contributed by atoms with E-state index in [-0.39, 0.29) is 0 Å². The van der Waals surface area contributed by atoms with Crippen molar-refractivity contribution in [3.63, 3.8) is 0 Å². The van der Waals surface area contributed by atoms with Crippen LogP contribution in [-0.4, -0.2) is 16.5 Å². The van der Waals surface area contributed by atoms with Crippen molar-refractivity contribution in [3.8, 4) is 24.7 Å². The lowest BCUT2D eigenvalue weighted by atomic mass is 10.2. The van der Waals surface area contributed by atoms with Crippen molar-refractivity contribution in [1.82, 2.24) is 4.98 Å². The van der Waals surface area contributed by atoms with Crippen molar-refractivity contribution in [2.75, 3.05) is 11.5 Å². The van der Waals surface area contributed by atoms with Gasteiger partial charge in [0, 0.05) is 21.4 Å². The molecule has 0 bridgehead atoms. The van der Waals surface area contributed by atoms with Gasteiger partial charge in [-0.05, 0) is 12.1 Å². The summed E-state index contributed by atoms with van der Waals surface area (Å²) in [6.45, 7) is 0. The van der Waals surface area contributed by atoms with Gasteiger partial charge in [-0.2, -0.15) is 0 Å². The molecule has 18 heavy (non-hydrogen) atoms. The summed E-state index contributed by atoms with van der Waals surface area (Å²) in [5.41, 5.74) is 1.000. The molecule has 88 valence electrons. The van der Waals surface area contributed by atoms with E-state index >= 15 is 0 Å². The lowest BCUT2D eigenvalue weighted by molar-refractivity contribution is 1.31. The fraction of sp³-hybridized carbons (Fsp3) is 0.133. The summed E-state index contributed by atoms with van der Waals surface area (Å²) in [7, 11) is 0. The SMILES string of the molecule is C#CCSc1ccnc2c(SCC#C)cccc12. The molecular formula is C15H11NS2. The second-order valence-electron chi connectivity index (χ2n) is 3.45. The predicted octanol–water partition coefficient (Wildman–Crippen LogP) is 3.69. The summed E-state index contributed by atoms with van der Waals surface area (Å²) < 4.78 is 0. The van der Waals surface area contributed by atoms with Crippen molar-refractivity contribution < 1.29 is 0 Å². The molecule has 0 saturated heterocycles. The molecule has 0 aliphatic heterocycles. The van der Waals surface area contributed by atoms with Crippen LogP contribution in [-0.2, 0) is 0 Å². The summed E-state index contributed by atoms with van der Waals surface area (Å²) in [4.78, 5) is 6.74. The number of hydrogen-bond donors (Lipinski definition) is 0. The van der Waals surface area contributed by atoms with Gasteiger partial charge in [-0.25, -0.2) is 0 Å². The van der Waals surface area contributed by atoms with Gasteiger partial charge < -0.3 is 0 Å². The molecule has 0 saturated carbocycles. The molecule has 0 radical (unpaired) electrons. The maximum absolute atomic E-state index is 5.30. The molecule has 2 aromatic rings. The van der Waals surface area contributed by atoms with Gasteiger partial charge in [0.15, 0.2) is 0 Å². The highest BCUT2D eigenvalue weighted by Crippen LogP contribution is 2.32. The summed E-state index contributed by atoms with van der Waals surface area (Å²) >= 11 is 3.29. The Balaban J connectivity index is 2.45. The van der Waals surface area contributed by atoms with Crippen LogP contribution < -0.4 is 0 Å². The minimum atomic E-state index is 0.655. The molecule has 1 aromatic heterocycles. The zero-order valence-electron chi connectivity index (χ0n) is 9.72.